The Hall–Kier alpha value is -3.52. The van der Waals surface area contributed by atoms with E-state index in [0.717, 1.165) is 27.7 Å². The van der Waals surface area contributed by atoms with Gasteiger partial charge in [0.1, 0.15) is 21.5 Å². The van der Waals surface area contributed by atoms with Crippen LogP contribution < -0.4 is 10.1 Å². The lowest BCUT2D eigenvalue weighted by Gasteiger charge is -2.05. The third-order valence-corrected chi connectivity index (χ3v) is 5.60. The van der Waals surface area contributed by atoms with E-state index in [-0.39, 0.29) is 5.91 Å². The maximum Gasteiger partial charge on any atom is 0.267 e. The maximum atomic E-state index is 12.9. The molecule has 0 aliphatic carbocycles. The number of anilines is 1. The number of hydrogen-bond donors (Lipinski definition) is 2. The molecule has 8 heteroatoms. The van der Waals surface area contributed by atoms with E-state index in [1.54, 1.807) is 0 Å². The third kappa shape index (κ3) is 4.23. The van der Waals surface area contributed by atoms with Crippen molar-refractivity contribution < 1.29 is 9.53 Å². The van der Waals surface area contributed by atoms with Gasteiger partial charge in [-0.05, 0) is 57.2 Å². The standard InChI is InChI=1S/C22H21N5O2S/c1-4-29-18-10-8-15(9-11-18)22-23-13(2)19(30-22)21(28)25-17-7-5-6-16(12-17)20-24-14(3)26-27-20/h5-12H,4H2,1-3H3,(H,25,28)(H,24,26,27). The number of benzene rings is 2. The molecule has 0 saturated carbocycles. The van der Waals surface area contributed by atoms with Crippen molar-refractivity contribution in [2.45, 2.75) is 20.8 Å². The average molecular weight is 420 g/mol. The van der Waals surface area contributed by atoms with Crippen molar-refractivity contribution in [3.05, 3.63) is 64.9 Å². The Morgan fingerprint density at radius 3 is 2.60 bits per heavy atom. The lowest BCUT2D eigenvalue weighted by molar-refractivity contribution is 0.103. The number of aryl methyl sites for hydroxylation is 2. The highest BCUT2D eigenvalue weighted by atomic mass is 32.1. The molecule has 2 heterocycles. The van der Waals surface area contributed by atoms with Crippen LogP contribution in [0, 0.1) is 13.8 Å². The molecule has 0 bridgehead atoms. The van der Waals surface area contributed by atoms with Gasteiger partial charge in [0, 0.05) is 16.8 Å². The molecule has 0 unspecified atom stereocenters. The van der Waals surface area contributed by atoms with E-state index >= 15 is 0 Å². The van der Waals surface area contributed by atoms with E-state index in [2.05, 4.69) is 25.5 Å². The fourth-order valence-corrected chi connectivity index (χ4v) is 3.95. The van der Waals surface area contributed by atoms with Crippen molar-refractivity contribution >= 4 is 22.9 Å². The lowest BCUT2D eigenvalue weighted by Crippen LogP contribution is -2.11. The normalized spacial score (nSPS) is 10.8. The van der Waals surface area contributed by atoms with Crippen LogP contribution in [0.2, 0.25) is 0 Å². The summed E-state index contributed by atoms with van der Waals surface area (Å²) in [7, 11) is 0. The van der Waals surface area contributed by atoms with E-state index in [9.17, 15) is 4.79 Å². The zero-order chi connectivity index (χ0) is 21.1. The van der Waals surface area contributed by atoms with Gasteiger partial charge in [-0.2, -0.15) is 5.10 Å². The van der Waals surface area contributed by atoms with Gasteiger partial charge in [-0.25, -0.2) is 9.97 Å². The number of aromatic nitrogens is 4. The van der Waals surface area contributed by atoms with Gasteiger partial charge in [0.15, 0.2) is 5.82 Å². The van der Waals surface area contributed by atoms with Crippen molar-refractivity contribution in [1.82, 2.24) is 20.2 Å². The van der Waals surface area contributed by atoms with Crippen LogP contribution >= 0.6 is 11.3 Å². The molecular weight excluding hydrogens is 398 g/mol. The van der Waals surface area contributed by atoms with Gasteiger partial charge in [-0.15, -0.1) is 11.3 Å². The maximum absolute atomic E-state index is 12.9. The highest BCUT2D eigenvalue weighted by Crippen LogP contribution is 2.30. The van der Waals surface area contributed by atoms with Crippen LogP contribution in [0.25, 0.3) is 22.0 Å². The predicted octanol–water partition coefficient (Wildman–Crippen LogP) is 4.86. The summed E-state index contributed by atoms with van der Waals surface area (Å²) in [5, 5.41) is 10.7. The fraction of sp³-hybridized carbons (Fsp3) is 0.182. The van der Waals surface area contributed by atoms with Gasteiger partial charge in [-0.1, -0.05) is 12.1 Å². The number of amides is 1. The first-order valence-corrected chi connectivity index (χ1v) is 10.4. The van der Waals surface area contributed by atoms with E-state index in [0.29, 0.717) is 28.7 Å². The van der Waals surface area contributed by atoms with Gasteiger partial charge in [-0.3, -0.25) is 9.89 Å². The molecule has 30 heavy (non-hydrogen) atoms. The second kappa shape index (κ2) is 8.46. The molecule has 0 fully saturated rings. The molecule has 0 aliphatic heterocycles. The second-order valence-corrected chi connectivity index (χ2v) is 7.67. The summed E-state index contributed by atoms with van der Waals surface area (Å²) < 4.78 is 5.48. The minimum Gasteiger partial charge on any atom is -0.494 e. The van der Waals surface area contributed by atoms with Gasteiger partial charge < -0.3 is 10.1 Å². The highest BCUT2D eigenvalue weighted by Gasteiger charge is 2.17. The quantitative estimate of drug-likeness (QED) is 0.465. The minimum atomic E-state index is -0.189. The van der Waals surface area contributed by atoms with Crippen molar-refractivity contribution in [2.75, 3.05) is 11.9 Å². The molecule has 1 amide bonds. The summed E-state index contributed by atoms with van der Waals surface area (Å²) in [6, 6.07) is 15.2. The van der Waals surface area contributed by atoms with Crippen LogP contribution in [0.4, 0.5) is 5.69 Å². The van der Waals surface area contributed by atoms with Crippen molar-refractivity contribution in [1.29, 1.82) is 0 Å². The Balaban J connectivity index is 1.53. The Morgan fingerprint density at radius 2 is 1.90 bits per heavy atom. The molecule has 4 aromatic rings. The number of nitrogens with zero attached hydrogens (tertiary/aromatic N) is 3. The zero-order valence-electron chi connectivity index (χ0n) is 16.9. The SMILES string of the molecule is CCOc1ccc(-c2nc(C)c(C(=O)Nc3cccc(-c4n[nH]c(C)n4)c3)s2)cc1. The molecule has 0 saturated heterocycles. The zero-order valence-corrected chi connectivity index (χ0v) is 17.7. The van der Waals surface area contributed by atoms with Gasteiger partial charge in [0.2, 0.25) is 0 Å². The van der Waals surface area contributed by atoms with E-state index < -0.39 is 0 Å². The molecule has 2 aromatic heterocycles. The summed E-state index contributed by atoms with van der Waals surface area (Å²) in [6.45, 7) is 6.26. The minimum absolute atomic E-state index is 0.189. The number of rotatable bonds is 6. The summed E-state index contributed by atoms with van der Waals surface area (Å²) in [5.74, 6) is 1.95. The molecule has 2 N–H and O–H groups in total. The molecule has 4 rings (SSSR count). The Labute approximate surface area is 178 Å². The highest BCUT2D eigenvalue weighted by molar-refractivity contribution is 7.17. The number of aromatic amines is 1. The van der Waals surface area contributed by atoms with Crippen molar-refractivity contribution in [2.24, 2.45) is 0 Å². The van der Waals surface area contributed by atoms with E-state index in [1.165, 1.54) is 11.3 Å². The molecular formula is C22H21N5O2S. The Kier molecular flexibility index (Phi) is 5.58. The number of hydrogen-bond acceptors (Lipinski definition) is 6. The van der Waals surface area contributed by atoms with Crippen LogP contribution in [0.1, 0.15) is 28.1 Å². The van der Waals surface area contributed by atoms with E-state index in [4.69, 9.17) is 4.74 Å². The first-order chi connectivity index (χ1) is 14.5. The number of ether oxygens (including phenoxy) is 1. The molecule has 0 radical (unpaired) electrons. The average Bonchev–Trinajstić information content (AvgIpc) is 3.35. The lowest BCUT2D eigenvalue weighted by atomic mass is 10.2. The van der Waals surface area contributed by atoms with Crippen LogP contribution in [0.5, 0.6) is 5.75 Å². The number of carbonyl (C=O) groups excluding carboxylic acids is 1. The monoisotopic (exact) mass is 419 g/mol. The first kappa shape index (κ1) is 19.8. The van der Waals surface area contributed by atoms with E-state index in [1.807, 2.05) is 69.3 Å². The summed E-state index contributed by atoms with van der Waals surface area (Å²) in [6.07, 6.45) is 0. The van der Waals surface area contributed by atoms with Crippen LogP contribution in [0.3, 0.4) is 0 Å². The second-order valence-electron chi connectivity index (χ2n) is 6.67. The van der Waals surface area contributed by atoms with Gasteiger partial charge in [0.05, 0.1) is 12.3 Å². The van der Waals surface area contributed by atoms with Crippen molar-refractivity contribution in [3.63, 3.8) is 0 Å². The topological polar surface area (TPSA) is 92.8 Å². The van der Waals surface area contributed by atoms with Crippen LogP contribution in [0.15, 0.2) is 48.5 Å². The summed E-state index contributed by atoms with van der Waals surface area (Å²) in [4.78, 5) is 22.4. The number of carbonyl (C=O) groups is 1. The summed E-state index contributed by atoms with van der Waals surface area (Å²) in [5.41, 5.74) is 3.15. The molecule has 0 aliphatic rings. The number of nitrogens with one attached hydrogen (secondary N) is 2. The van der Waals surface area contributed by atoms with Gasteiger partial charge >= 0.3 is 0 Å². The smallest absolute Gasteiger partial charge is 0.267 e. The predicted molar refractivity (Wildman–Crippen MR) is 118 cm³/mol. The molecule has 0 spiro atoms. The molecule has 2 aromatic carbocycles. The van der Waals surface area contributed by atoms with Crippen molar-refractivity contribution in [3.8, 4) is 27.7 Å². The summed E-state index contributed by atoms with van der Waals surface area (Å²) >= 11 is 1.37. The Bertz CT molecular complexity index is 1180. The molecule has 0 atom stereocenters. The largest absolute Gasteiger partial charge is 0.494 e. The van der Waals surface area contributed by atoms with Gasteiger partial charge in [0.25, 0.3) is 5.91 Å². The number of H-pyrrole nitrogens is 1. The third-order valence-electron chi connectivity index (χ3n) is 4.39. The fourth-order valence-electron chi connectivity index (χ4n) is 2.99. The van der Waals surface area contributed by atoms with Crippen LogP contribution in [-0.4, -0.2) is 32.7 Å². The molecule has 152 valence electrons. The first-order valence-electron chi connectivity index (χ1n) is 9.55. The Morgan fingerprint density at radius 1 is 1.10 bits per heavy atom. The van der Waals surface area contributed by atoms with Crippen LogP contribution in [-0.2, 0) is 0 Å². The number of thiazole rings is 1. The molecule has 7 nitrogen and oxygen atoms in total.